The Kier molecular flexibility index (Phi) is 2.25. The first-order valence-corrected chi connectivity index (χ1v) is 3.52. The topological polar surface area (TPSA) is 30.3 Å². The van der Waals surface area contributed by atoms with Gasteiger partial charge in [-0.15, -0.1) is 0 Å². The Morgan fingerprint density at radius 2 is 2.10 bits per heavy atom. The normalized spacial score (nSPS) is 29.9. The molecule has 1 saturated heterocycles. The molecular weight excluding hydrogens is 126 g/mol. The third kappa shape index (κ3) is 1.47. The van der Waals surface area contributed by atoms with Crippen molar-refractivity contribution in [2.24, 2.45) is 0 Å². The lowest BCUT2D eigenvalue weighted by Gasteiger charge is -2.33. The van der Waals surface area contributed by atoms with Gasteiger partial charge in [0.1, 0.15) is 6.04 Å². The second-order valence-corrected chi connectivity index (χ2v) is 2.89. The molecule has 1 aliphatic rings. The molecule has 0 amide bonds. The molecule has 0 N–H and O–H groups in total. The predicted octanol–water partition coefficient (Wildman–Crippen LogP) is -0.244. The van der Waals surface area contributed by atoms with Crippen LogP contribution in [0.5, 0.6) is 0 Å². The Labute approximate surface area is 61.8 Å². The molecule has 0 aromatic heterocycles. The van der Waals surface area contributed by atoms with E-state index in [-0.39, 0.29) is 6.04 Å². The summed E-state index contributed by atoms with van der Waals surface area (Å²) in [6.07, 6.45) is 0. The Bertz CT molecular complexity index is 149. The van der Waals surface area contributed by atoms with E-state index in [4.69, 9.17) is 5.26 Å². The van der Waals surface area contributed by atoms with Crippen molar-refractivity contribution < 1.29 is 0 Å². The highest BCUT2D eigenvalue weighted by molar-refractivity contribution is 4.95. The van der Waals surface area contributed by atoms with E-state index >= 15 is 0 Å². The highest BCUT2D eigenvalue weighted by atomic mass is 15.3. The number of hydrogen-bond donors (Lipinski definition) is 0. The highest BCUT2D eigenvalue weighted by Crippen LogP contribution is 2.03. The number of piperazine rings is 1. The van der Waals surface area contributed by atoms with Gasteiger partial charge in [0.05, 0.1) is 6.07 Å². The summed E-state index contributed by atoms with van der Waals surface area (Å²) >= 11 is 0. The summed E-state index contributed by atoms with van der Waals surface area (Å²) in [5.41, 5.74) is 0. The molecule has 56 valence electrons. The average molecular weight is 139 g/mol. The van der Waals surface area contributed by atoms with Crippen LogP contribution in [-0.4, -0.2) is 49.6 Å². The fraction of sp³-hybridized carbons (Fsp3) is 0.857. The van der Waals surface area contributed by atoms with Gasteiger partial charge in [0.2, 0.25) is 0 Å². The first-order chi connectivity index (χ1) is 4.74. The Hall–Kier alpha value is -0.590. The van der Waals surface area contributed by atoms with E-state index in [1.807, 2.05) is 7.05 Å². The minimum absolute atomic E-state index is 0.0961. The van der Waals surface area contributed by atoms with Crippen LogP contribution in [-0.2, 0) is 0 Å². The molecule has 1 aliphatic heterocycles. The molecule has 0 aromatic rings. The summed E-state index contributed by atoms with van der Waals surface area (Å²) in [4.78, 5) is 4.29. The first kappa shape index (κ1) is 7.52. The molecule has 3 nitrogen and oxygen atoms in total. The molecule has 0 aliphatic carbocycles. The highest BCUT2D eigenvalue weighted by Gasteiger charge is 2.20. The molecule has 0 bridgehead atoms. The molecule has 0 unspecified atom stereocenters. The zero-order valence-electron chi connectivity index (χ0n) is 6.54. The van der Waals surface area contributed by atoms with Gasteiger partial charge < -0.3 is 4.90 Å². The van der Waals surface area contributed by atoms with E-state index in [0.717, 1.165) is 19.6 Å². The molecule has 0 saturated carbocycles. The van der Waals surface area contributed by atoms with E-state index in [1.54, 1.807) is 0 Å². The van der Waals surface area contributed by atoms with E-state index in [0.29, 0.717) is 0 Å². The summed E-state index contributed by atoms with van der Waals surface area (Å²) in [6, 6.07) is 2.36. The van der Waals surface area contributed by atoms with E-state index in [1.165, 1.54) is 0 Å². The molecule has 1 rings (SSSR count). The van der Waals surface area contributed by atoms with Crippen LogP contribution >= 0.6 is 0 Å². The van der Waals surface area contributed by atoms with Crippen molar-refractivity contribution in [1.82, 2.24) is 9.80 Å². The fourth-order valence-corrected chi connectivity index (χ4v) is 1.15. The molecule has 10 heavy (non-hydrogen) atoms. The second kappa shape index (κ2) is 3.00. The monoisotopic (exact) mass is 139 g/mol. The number of hydrogen-bond acceptors (Lipinski definition) is 3. The fourth-order valence-electron chi connectivity index (χ4n) is 1.15. The van der Waals surface area contributed by atoms with Crippen LogP contribution < -0.4 is 0 Å². The van der Waals surface area contributed by atoms with Crippen molar-refractivity contribution in [1.29, 1.82) is 5.26 Å². The number of nitriles is 1. The first-order valence-electron chi connectivity index (χ1n) is 3.52. The van der Waals surface area contributed by atoms with E-state index in [9.17, 15) is 0 Å². The van der Waals surface area contributed by atoms with Crippen molar-refractivity contribution >= 4 is 0 Å². The summed E-state index contributed by atoms with van der Waals surface area (Å²) in [5.74, 6) is 0. The standard InChI is InChI=1S/C7H13N3/c1-9-3-4-10(2)7(5-8)6-9/h7H,3-4,6H2,1-2H3/t7-/m1/s1. The summed E-state index contributed by atoms with van der Waals surface area (Å²) in [5, 5.41) is 8.66. The van der Waals surface area contributed by atoms with Crippen molar-refractivity contribution in [3.8, 4) is 6.07 Å². The third-order valence-corrected chi connectivity index (χ3v) is 2.00. The van der Waals surface area contributed by atoms with Gasteiger partial charge in [-0.1, -0.05) is 0 Å². The van der Waals surface area contributed by atoms with Crippen molar-refractivity contribution in [2.75, 3.05) is 33.7 Å². The quantitative estimate of drug-likeness (QED) is 0.464. The zero-order valence-corrected chi connectivity index (χ0v) is 6.54. The lowest BCUT2D eigenvalue weighted by Crippen LogP contribution is -2.49. The van der Waals surface area contributed by atoms with Gasteiger partial charge in [-0.3, -0.25) is 4.90 Å². The van der Waals surface area contributed by atoms with E-state index < -0.39 is 0 Å². The van der Waals surface area contributed by atoms with Crippen molar-refractivity contribution in [2.45, 2.75) is 6.04 Å². The smallest absolute Gasteiger partial charge is 0.110 e. The molecule has 1 heterocycles. The molecule has 3 heteroatoms. The average Bonchev–Trinajstić information content (AvgIpc) is 1.94. The van der Waals surface area contributed by atoms with Crippen LogP contribution in [0.1, 0.15) is 0 Å². The SMILES string of the molecule is CN1CCN(C)[C@H](C#N)C1. The van der Waals surface area contributed by atoms with Gasteiger partial charge in [-0.25, -0.2) is 0 Å². The van der Waals surface area contributed by atoms with Crippen LogP contribution in [0.3, 0.4) is 0 Å². The maximum Gasteiger partial charge on any atom is 0.110 e. The molecule has 1 fully saturated rings. The van der Waals surface area contributed by atoms with Crippen LogP contribution in [0.15, 0.2) is 0 Å². The number of nitrogens with zero attached hydrogens (tertiary/aromatic N) is 3. The zero-order chi connectivity index (χ0) is 7.56. The maximum absolute atomic E-state index is 8.66. The Morgan fingerprint density at radius 1 is 1.40 bits per heavy atom. The third-order valence-electron chi connectivity index (χ3n) is 2.00. The van der Waals surface area contributed by atoms with Gasteiger partial charge in [0.25, 0.3) is 0 Å². The summed E-state index contributed by atoms with van der Waals surface area (Å²) < 4.78 is 0. The van der Waals surface area contributed by atoms with Crippen molar-refractivity contribution in [3.05, 3.63) is 0 Å². The van der Waals surface area contributed by atoms with Gasteiger partial charge in [0, 0.05) is 19.6 Å². The Morgan fingerprint density at radius 3 is 2.60 bits per heavy atom. The van der Waals surface area contributed by atoms with Crippen LogP contribution in [0.25, 0.3) is 0 Å². The number of likely N-dealkylation sites (N-methyl/N-ethyl adjacent to an activating group) is 2. The largest absolute Gasteiger partial charge is 0.302 e. The van der Waals surface area contributed by atoms with Crippen LogP contribution in [0.4, 0.5) is 0 Å². The molecule has 0 radical (unpaired) electrons. The van der Waals surface area contributed by atoms with Gasteiger partial charge in [0.15, 0.2) is 0 Å². The Balaban J connectivity index is 2.47. The maximum atomic E-state index is 8.66. The molecule has 0 aromatic carbocycles. The van der Waals surface area contributed by atoms with Crippen LogP contribution in [0, 0.1) is 11.3 Å². The molecule has 0 spiro atoms. The van der Waals surface area contributed by atoms with E-state index in [2.05, 4.69) is 22.9 Å². The van der Waals surface area contributed by atoms with Crippen LogP contribution in [0.2, 0.25) is 0 Å². The molecule has 1 atom stereocenters. The van der Waals surface area contributed by atoms with Gasteiger partial charge >= 0.3 is 0 Å². The lowest BCUT2D eigenvalue weighted by molar-refractivity contribution is 0.145. The van der Waals surface area contributed by atoms with Crippen molar-refractivity contribution in [3.63, 3.8) is 0 Å². The predicted molar refractivity (Wildman–Crippen MR) is 39.5 cm³/mol. The lowest BCUT2D eigenvalue weighted by atomic mass is 10.2. The second-order valence-electron chi connectivity index (χ2n) is 2.89. The summed E-state index contributed by atoms with van der Waals surface area (Å²) in [6.45, 7) is 2.97. The minimum atomic E-state index is 0.0961. The van der Waals surface area contributed by atoms with Gasteiger partial charge in [-0.05, 0) is 14.1 Å². The summed E-state index contributed by atoms with van der Waals surface area (Å²) in [7, 11) is 4.05. The van der Waals surface area contributed by atoms with Gasteiger partial charge in [-0.2, -0.15) is 5.26 Å². The minimum Gasteiger partial charge on any atom is -0.302 e. The number of rotatable bonds is 0. The molecular formula is C7H13N3.